The molecule has 1 heterocycles. The van der Waals surface area contributed by atoms with Crippen LogP contribution in [0.4, 0.5) is 11.6 Å². The maximum atomic E-state index is 5.22. The number of nitrogens with one attached hydrogen (secondary N) is 2. The van der Waals surface area contributed by atoms with Crippen molar-refractivity contribution in [1.29, 1.82) is 0 Å². The highest BCUT2D eigenvalue weighted by molar-refractivity contribution is 5.62. The van der Waals surface area contributed by atoms with E-state index < -0.39 is 0 Å². The number of hydrogen-bond donors (Lipinski definition) is 2. The molecule has 78 valence electrons. The van der Waals surface area contributed by atoms with Crippen molar-refractivity contribution in [2.24, 2.45) is 0 Å². The molecule has 0 bridgehead atoms. The van der Waals surface area contributed by atoms with Gasteiger partial charge in [-0.3, -0.25) is 0 Å². The molecule has 0 atom stereocenters. The molecule has 0 aliphatic heterocycles. The Morgan fingerprint density at radius 2 is 2.13 bits per heavy atom. The Labute approximate surface area is 88.3 Å². The SMILES string of the molecule is COc1ccccc1Nc1ncc(C)[nH]1. The lowest BCUT2D eigenvalue weighted by Crippen LogP contribution is -1.95. The van der Waals surface area contributed by atoms with E-state index in [4.69, 9.17) is 4.74 Å². The van der Waals surface area contributed by atoms with Crippen molar-refractivity contribution in [3.8, 4) is 5.75 Å². The lowest BCUT2D eigenvalue weighted by molar-refractivity contribution is 0.417. The Hall–Kier alpha value is -1.97. The standard InChI is InChI=1S/C11H13N3O/c1-8-7-12-11(13-8)14-9-5-3-4-6-10(9)15-2/h3-7H,1-2H3,(H2,12,13,14). The molecular formula is C11H13N3O. The molecule has 2 rings (SSSR count). The lowest BCUT2D eigenvalue weighted by atomic mass is 10.3. The molecule has 0 amide bonds. The van der Waals surface area contributed by atoms with Gasteiger partial charge in [0.05, 0.1) is 12.8 Å². The second-order valence-corrected chi connectivity index (χ2v) is 3.24. The number of H-pyrrole nitrogens is 1. The van der Waals surface area contributed by atoms with Gasteiger partial charge in [-0.2, -0.15) is 0 Å². The molecule has 1 aromatic carbocycles. The largest absolute Gasteiger partial charge is 0.495 e. The highest BCUT2D eigenvalue weighted by Gasteiger charge is 2.03. The molecule has 4 heteroatoms. The van der Waals surface area contributed by atoms with Gasteiger partial charge in [0.25, 0.3) is 0 Å². The zero-order valence-corrected chi connectivity index (χ0v) is 8.74. The number of para-hydroxylation sites is 2. The van der Waals surface area contributed by atoms with Crippen molar-refractivity contribution in [1.82, 2.24) is 9.97 Å². The average Bonchev–Trinajstić information content (AvgIpc) is 2.65. The molecule has 0 saturated carbocycles. The third-order valence-electron chi connectivity index (χ3n) is 2.06. The van der Waals surface area contributed by atoms with Crippen molar-refractivity contribution >= 4 is 11.6 Å². The number of benzene rings is 1. The number of rotatable bonds is 3. The van der Waals surface area contributed by atoms with Crippen LogP contribution < -0.4 is 10.1 Å². The molecule has 15 heavy (non-hydrogen) atoms. The van der Waals surface area contributed by atoms with Gasteiger partial charge in [-0.05, 0) is 19.1 Å². The third kappa shape index (κ3) is 2.10. The van der Waals surface area contributed by atoms with Gasteiger partial charge in [0.15, 0.2) is 0 Å². The number of ether oxygens (including phenoxy) is 1. The normalized spacial score (nSPS) is 10.0. The van der Waals surface area contributed by atoms with E-state index in [1.54, 1.807) is 13.3 Å². The number of anilines is 2. The van der Waals surface area contributed by atoms with E-state index in [1.807, 2.05) is 31.2 Å². The molecule has 2 aromatic rings. The van der Waals surface area contributed by atoms with E-state index in [0.717, 1.165) is 23.1 Å². The van der Waals surface area contributed by atoms with E-state index in [0.29, 0.717) is 0 Å². The maximum Gasteiger partial charge on any atom is 0.204 e. The van der Waals surface area contributed by atoms with Crippen LogP contribution >= 0.6 is 0 Å². The summed E-state index contributed by atoms with van der Waals surface area (Å²) in [7, 11) is 1.65. The van der Waals surface area contributed by atoms with Crippen LogP contribution in [0.3, 0.4) is 0 Å². The average molecular weight is 203 g/mol. The maximum absolute atomic E-state index is 5.22. The summed E-state index contributed by atoms with van der Waals surface area (Å²) in [4.78, 5) is 7.26. The van der Waals surface area contributed by atoms with Crippen LogP contribution in [-0.4, -0.2) is 17.1 Å². The quantitative estimate of drug-likeness (QED) is 0.805. The van der Waals surface area contributed by atoms with Crippen LogP contribution in [0.2, 0.25) is 0 Å². The Morgan fingerprint density at radius 3 is 2.80 bits per heavy atom. The number of aromatic nitrogens is 2. The van der Waals surface area contributed by atoms with Gasteiger partial charge in [0.1, 0.15) is 5.75 Å². The Kier molecular flexibility index (Phi) is 2.58. The van der Waals surface area contributed by atoms with Gasteiger partial charge in [-0.1, -0.05) is 12.1 Å². The minimum Gasteiger partial charge on any atom is -0.495 e. The smallest absolute Gasteiger partial charge is 0.204 e. The first-order valence-corrected chi connectivity index (χ1v) is 4.71. The first kappa shape index (κ1) is 9.58. The van der Waals surface area contributed by atoms with Crippen molar-refractivity contribution in [2.45, 2.75) is 6.92 Å². The zero-order chi connectivity index (χ0) is 10.7. The lowest BCUT2D eigenvalue weighted by Gasteiger charge is -2.08. The minimum atomic E-state index is 0.719. The van der Waals surface area contributed by atoms with E-state index in [-0.39, 0.29) is 0 Å². The number of methoxy groups -OCH3 is 1. The number of imidazole rings is 1. The summed E-state index contributed by atoms with van der Waals surface area (Å²) in [6, 6.07) is 7.72. The molecule has 0 radical (unpaired) electrons. The fourth-order valence-corrected chi connectivity index (χ4v) is 1.35. The Morgan fingerprint density at radius 1 is 1.33 bits per heavy atom. The van der Waals surface area contributed by atoms with E-state index in [2.05, 4.69) is 15.3 Å². The molecule has 4 nitrogen and oxygen atoms in total. The van der Waals surface area contributed by atoms with Gasteiger partial charge in [-0.15, -0.1) is 0 Å². The van der Waals surface area contributed by atoms with Crippen LogP contribution in [0.5, 0.6) is 5.75 Å². The predicted molar refractivity (Wildman–Crippen MR) is 59.6 cm³/mol. The summed E-state index contributed by atoms with van der Waals surface area (Å²) in [6.45, 7) is 1.96. The third-order valence-corrected chi connectivity index (χ3v) is 2.06. The summed E-state index contributed by atoms with van der Waals surface area (Å²) in [5.41, 5.74) is 1.92. The Bertz CT molecular complexity index is 451. The van der Waals surface area contributed by atoms with Crippen LogP contribution in [0.1, 0.15) is 5.69 Å². The number of hydrogen-bond acceptors (Lipinski definition) is 3. The highest BCUT2D eigenvalue weighted by atomic mass is 16.5. The van der Waals surface area contributed by atoms with Gasteiger partial charge in [-0.25, -0.2) is 4.98 Å². The first-order chi connectivity index (χ1) is 7.29. The van der Waals surface area contributed by atoms with Crippen LogP contribution in [0, 0.1) is 6.92 Å². The predicted octanol–water partition coefficient (Wildman–Crippen LogP) is 2.47. The number of nitrogens with zero attached hydrogens (tertiary/aromatic N) is 1. The van der Waals surface area contributed by atoms with Gasteiger partial charge < -0.3 is 15.0 Å². The fourth-order valence-electron chi connectivity index (χ4n) is 1.35. The molecule has 0 spiro atoms. The monoisotopic (exact) mass is 203 g/mol. The minimum absolute atomic E-state index is 0.719. The zero-order valence-electron chi connectivity index (χ0n) is 8.74. The van der Waals surface area contributed by atoms with E-state index >= 15 is 0 Å². The summed E-state index contributed by atoms with van der Waals surface area (Å²) < 4.78 is 5.22. The van der Waals surface area contributed by atoms with Crippen molar-refractivity contribution in [3.63, 3.8) is 0 Å². The molecule has 0 unspecified atom stereocenters. The second-order valence-electron chi connectivity index (χ2n) is 3.24. The van der Waals surface area contributed by atoms with E-state index in [9.17, 15) is 0 Å². The van der Waals surface area contributed by atoms with Gasteiger partial charge in [0.2, 0.25) is 5.95 Å². The molecule has 0 aliphatic carbocycles. The summed E-state index contributed by atoms with van der Waals surface area (Å²) in [5.74, 6) is 1.52. The van der Waals surface area contributed by atoms with Crippen LogP contribution in [-0.2, 0) is 0 Å². The summed E-state index contributed by atoms with van der Waals surface area (Å²) >= 11 is 0. The molecule has 2 N–H and O–H groups in total. The Balaban J connectivity index is 2.23. The van der Waals surface area contributed by atoms with Crippen LogP contribution in [0.25, 0.3) is 0 Å². The molecule has 0 fully saturated rings. The number of aryl methyl sites for hydroxylation is 1. The second kappa shape index (κ2) is 4.04. The summed E-state index contributed by atoms with van der Waals surface area (Å²) in [5, 5.41) is 3.15. The van der Waals surface area contributed by atoms with Gasteiger partial charge >= 0.3 is 0 Å². The topological polar surface area (TPSA) is 49.9 Å². The highest BCUT2D eigenvalue weighted by Crippen LogP contribution is 2.25. The molecular weight excluding hydrogens is 190 g/mol. The van der Waals surface area contributed by atoms with E-state index in [1.165, 1.54) is 0 Å². The van der Waals surface area contributed by atoms with Crippen molar-refractivity contribution in [2.75, 3.05) is 12.4 Å². The number of aromatic amines is 1. The fraction of sp³-hybridized carbons (Fsp3) is 0.182. The summed E-state index contributed by atoms with van der Waals surface area (Å²) in [6.07, 6.45) is 1.78. The first-order valence-electron chi connectivity index (χ1n) is 4.71. The van der Waals surface area contributed by atoms with Crippen LogP contribution in [0.15, 0.2) is 30.5 Å². The van der Waals surface area contributed by atoms with Crippen molar-refractivity contribution < 1.29 is 4.74 Å². The van der Waals surface area contributed by atoms with Crippen molar-refractivity contribution in [3.05, 3.63) is 36.2 Å². The van der Waals surface area contributed by atoms with Gasteiger partial charge in [0, 0.05) is 11.9 Å². The molecule has 0 aliphatic rings. The molecule has 0 saturated heterocycles. The molecule has 1 aromatic heterocycles.